The summed E-state index contributed by atoms with van der Waals surface area (Å²) in [5, 5.41) is 11.8. The van der Waals surface area contributed by atoms with Gasteiger partial charge in [0.25, 0.3) is 0 Å². The first-order valence-corrected chi connectivity index (χ1v) is 6.82. The minimum atomic E-state index is -0.644. The smallest absolute Gasteiger partial charge is 0.325 e. The van der Waals surface area contributed by atoms with Crippen LogP contribution < -0.4 is 5.32 Å². The second-order valence-corrected chi connectivity index (χ2v) is 5.24. The van der Waals surface area contributed by atoms with Crippen LogP contribution in [0.15, 0.2) is 11.5 Å². The maximum Gasteiger partial charge on any atom is 0.325 e. The zero-order valence-corrected chi connectivity index (χ0v) is 12.1. The molecule has 0 amide bonds. The molecule has 7 heteroatoms. The predicted octanol–water partition coefficient (Wildman–Crippen LogP) is 0.838. The second-order valence-electron chi connectivity index (χ2n) is 4.18. The summed E-state index contributed by atoms with van der Waals surface area (Å²) in [6.07, 6.45) is 2.33. The van der Waals surface area contributed by atoms with Gasteiger partial charge in [0.1, 0.15) is 11.9 Å². The van der Waals surface area contributed by atoms with E-state index in [1.54, 1.807) is 18.1 Å². The molecule has 1 atom stereocenters. The fraction of sp³-hybridized carbons (Fsp3) is 0.727. The van der Waals surface area contributed by atoms with Gasteiger partial charge in [0.05, 0.1) is 7.11 Å². The van der Waals surface area contributed by atoms with Crippen molar-refractivity contribution < 1.29 is 9.53 Å². The molecule has 0 spiro atoms. The van der Waals surface area contributed by atoms with Gasteiger partial charge in [-0.15, -0.1) is 10.2 Å². The van der Waals surface area contributed by atoms with Crippen LogP contribution in [0, 0.1) is 0 Å². The zero-order chi connectivity index (χ0) is 13.6. The van der Waals surface area contributed by atoms with Crippen molar-refractivity contribution in [3.63, 3.8) is 0 Å². The number of likely N-dealkylation sites (N-methyl/N-ethyl adjacent to an activating group) is 1. The van der Waals surface area contributed by atoms with E-state index < -0.39 is 5.54 Å². The van der Waals surface area contributed by atoms with Gasteiger partial charge in [-0.2, -0.15) is 0 Å². The maximum atomic E-state index is 11.8. The van der Waals surface area contributed by atoms with E-state index in [2.05, 4.69) is 15.5 Å². The Morgan fingerprint density at radius 1 is 1.67 bits per heavy atom. The molecule has 1 rings (SSSR count). The van der Waals surface area contributed by atoms with Crippen molar-refractivity contribution in [1.82, 2.24) is 20.1 Å². The number of carbonyl (C=O) groups is 1. The second kappa shape index (κ2) is 6.75. The number of thioether (sulfide) groups is 1. The number of ether oxygens (including phenoxy) is 1. The number of nitrogens with zero attached hydrogens (tertiary/aromatic N) is 3. The fourth-order valence-corrected chi connectivity index (χ4v) is 2.68. The molecule has 1 unspecified atom stereocenters. The van der Waals surface area contributed by atoms with Crippen molar-refractivity contribution >= 4 is 17.7 Å². The van der Waals surface area contributed by atoms with E-state index in [9.17, 15) is 4.79 Å². The molecule has 1 aromatic heterocycles. The van der Waals surface area contributed by atoms with Gasteiger partial charge in [0.15, 0.2) is 5.16 Å². The number of methoxy groups -OCH3 is 1. The number of aromatic nitrogens is 3. The van der Waals surface area contributed by atoms with Crippen LogP contribution in [0.1, 0.15) is 20.3 Å². The van der Waals surface area contributed by atoms with Crippen LogP contribution in [-0.4, -0.2) is 45.7 Å². The number of nitrogens with one attached hydrogen (secondary N) is 1. The number of rotatable bonds is 7. The molecule has 1 heterocycles. The Balaban J connectivity index is 2.53. The summed E-state index contributed by atoms with van der Waals surface area (Å²) in [4.78, 5) is 11.8. The van der Waals surface area contributed by atoms with E-state index in [4.69, 9.17) is 4.74 Å². The summed E-state index contributed by atoms with van der Waals surface area (Å²) in [5.74, 6) is 0.536. The van der Waals surface area contributed by atoms with E-state index in [0.717, 1.165) is 17.5 Å². The molecule has 0 saturated carbocycles. The first-order chi connectivity index (χ1) is 8.53. The Bertz CT molecular complexity index is 396. The van der Waals surface area contributed by atoms with Crippen LogP contribution in [0.4, 0.5) is 0 Å². The SMILES string of the molecule is CCNC(C)(CCSc1nncn1C)C(=O)OC. The van der Waals surface area contributed by atoms with Crippen LogP contribution in [0.2, 0.25) is 0 Å². The summed E-state index contributed by atoms with van der Waals surface area (Å²) in [7, 11) is 3.31. The fourth-order valence-electron chi connectivity index (χ4n) is 1.63. The highest BCUT2D eigenvalue weighted by molar-refractivity contribution is 7.99. The van der Waals surface area contributed by atoms with Crippen molar-refractivity contribution in [2.45, 2.75) is 31.0 Å². The van der Waals surface area contributed by atoms with Crippen LogP contribution in [0.3, 0.4) is 0 Å². The third-order valence-electron chi connectivity index (χ3n) is 2.71. The van der Waals surface area contributed by atoms with Crippen molar-refractivity contribution in [1.29, 1.82) is 0 Å². The molecule has 0 saturated heterocycles. The van der Waals surface area contributed by atoms with Crippen LogP contribution in [0.5, 0.6) is 0 Å². The third-order valence-corrected chi connectivity index (χ3v) is 3.74. The van der Waals surface area contributed by atoms with Crippen molar-refractivity contribution in [3.05, 3.63) is 6.33 Å². The van der Waals surface area contributed by atoms with Gasteiger partial charge in [-0.25, -0.2) is 0 Å². The van der Waals surface area contributed by atoms with Gasteiger partial charge in [-0.3, -0.25) is 4.79 Å². The molecule has 18 heavy (non-hydrogen) atoms. The molecule has 0 radical (unpaired) electrons. The number of esters is 1. The van der Waals surface area contributed by atoms with Crippen molar-refractivity contribution in [3.8, 4) is 0 Å². The highest BCUT2D eigenvalue weighted by Gasteiger charge is 2.32. The van der Waals surface area contributed by atoms with Crippen molar-refractivity contribution in [2.75, 3.05) is 19.4 Å². The molecule has 6 nitrogen and oxygen atoms in total. The van der Waals surface area contributed by atoms with Crippen molar-refractivity contribution in [2.24, 2.45) is 7.05 Å². The minimum absolute atomic E-state index is 0.233. The number of hydrogen-bond donors (Lipinski definition) is 1. The molecular weight excluding hydrogens is 252 g/mol. The monoisotopic (exact) mass is 272 g/mol. The minimum Gasteiger partial charge on any atom is -0.468 e. The molecular formula is C11H20N4O2S. The Morgan fingerprint density at radius 2 is 2.39 bits per heavy atom. The summed E-state index contributed by atoms with van der Waals surface area (Å²) in [6.45, 7) is 4.55. The molecule has 1 N–H and O–H groups in total. The first-order valence-electron chi connectivity index (χ1n) is 5.83. The highest BCUT2D eigenvalue weighted by atomic mass is 32.2. The molecule has 0 aliphatic rings. The van der Waals surface area contributed by atoms with Crippen LogP contribution in [-0.2, 0) is 16.6 Å². The summed E-state index contributed by atoms with van der Waals surface area (Å²) >= 11 is 1.58. The summed E-state index contributed by atoms with van der Waals surface area (Å²) in [6, 6.07) is 0. The lowest BCUT2D eigenvalue weighted by molar-refractivity contribution is -0.147. The number of aryl methyl sites for hydroxylation is 1. The van der Waals surface area contributed by atoms with Crippen LogP contribution >= 0.6 is 11.8 Å². The van der Waals surface area contributed by atoms with Crippen LogP contribution in [0.25, 0.3) is 0 Å². The Morgan fingerprint density at radius 3 is 2.89 bits per heavy atom. The molecule has 0 aliphatic heterocycles. The van der Waals surface area contributed by atoms with E-state index in [1.807, 2.05) is 25.5 Å². The highest BCUT2D eigenvalue weighted by Crippen LogP contribution is 2.20. The quantitative estimate of drug-likeness (QED) is 0.586. The molecule has 0 fully saturated rings. The molecule has 0 bridgehead atoms. The summed E-state index contributed by atoms with van der Waals surface area (Å²) in [5.41, 5.74) is -0.644. The lowest BCUT2D eigenvalue weighted by atomic mass is 9.99. The van der Waals surface area contributed by atoms with Gasteiger partial charge in [-0.05, 0) is 19.9 Å². The first kappa shape index (κ1) is 15.0. The lowest BCUT2D eigenvalue weighted by Gasteiger charge is -2.27. The lowest BCUT2D eigenvalue weighted by Crippen LogP contribution is -2.50. The molecule has 0 aliphatic carbocycles. The number of hydrogen-bond acceptors (Lipinski definition) is 6. The van der Waals surface area contributed by atoms with Gasteiger partial charge < -0.3 is 14.6 Å². The predicted molar refractivity (Wildman–Crippen MR) is 70.4 cm³/mol. The van der Waals surface area contributed by atoms with Gasteiger partial charge in [0, 0.05) is 12.8 Å². The summed E-state index contributed by atoms with van der Waals surface area (Å²) < 4.78 is 6.69. The van der Waals surface area contributed by atoms with E-state index in [-0.39, 0.29) is 5.97 Å². The average Bonchev–Trinajstić information content (AvgIpc) is 2.74. The Labute approximate surface area is 111 Å². The molecule has 102 valence electrons. The zero-order valence-electron chi connectivity index (χ0n) is 11.3. The van der Waals surface area contributed by atoms with Gasteiger partial charge >= 0.3 is 5.97 Å². The third kappa shape index (κ3) is 3.71. The average molecular weight is 272 g/mol. The van der Waals surface area contributed by atoms with E-state index in [1.165, 1.54) is 7.11 Å². The van der Waals surface area contributed by atoms with E-state index >= 15 is 0 Å². The van der Waals surface area contributed by atoms with Gasteiger partial charge in [0.2, 0.25) is 0 Å². The molecule has 1 aromatic rings. The molecule has 0 aromatic carbocycles. The topological polar surface area (TPSA) is 69.0 Å². The van der Waals surface area contributed by atoms with E-state index in [0.29, 0.717) is 6.42 Å². The standard InChI is InChI=1S/C11H20N4O2S/c1-5-12-11(2,9(16)17-4)6-7-18-10-14-13-8-15(10)3/h8,12H,5-7H2,1-4H3. The Kier molecular flexibility index (Phi) is 5.61. The largest absolute Gasteiger partial charge is 0.468 e. The maximum absolute atomic E-state index is 11.8. The number of carbonyl (C=O) groups excluding carboxylic acids is 1. The Hall–Kier alpha value is -1.08. The normalized spacial score (nSPS) is 14.2. The van der Waals surface area contributed by atoms with Gasteiger partial charge in [-0.1, -0.05) is 18.7 Å².